The summed E-state index contributed by atoms with van der Waals surface area (Å²) >= 11 is 0. The van der Waals surface area contributed by atoms with Gasteiger partial charge in [0.05, 0.1) is 7.05 Å². The summed E-state index contributed by atoms with van der Waals surface area (Å²) in [6.45, 7) is 3.93. The highest BCUT2D eigenvalue weighted by atomic mass is 16.1. The second kappa shape index (κ2) is 4.17. The minimum atomic E-state index is -0.0156. The van der Waals surface area contributed by atoms with Gasteiger partial charge in [0.25, 0.3) is 0 Å². The van der Waals surface area contributed by atoms with Crippen molar-refractivity contribution >= 4 is 5.91 Å². The van der Waals surface area contributed by atoms with Crippen LogP contribution in [0.25, 0.3) is 0 Å². The fourth-order valence-electron chi connectivity index (χ4n) is 1.30. The number of likely N-dealkylation sites (N-methyl/N-ethyl adjacent to an activating group) is 1. The molecule has 1 rings (SSSR count). The summed E-state index contributed by atoms with van der Waals surface area (Å²) in [6.07, 6.45) is 0.329. The van der Waals surface area contributed by atoms with Crippen LogP contribution >= 0.6 is 0 Å². The third-order valence-corrected chi connectivity index (χ3v) is 2.24. The van der Waals surface area contributed by atoms with Crippen LogP contribution in [0.1, 0.15) is 17.2 Å². The fraction of sp³-hybridized carbons (Fsp3) is 0.500. The van der Waals surface area contributed by atoms with Crippen molar-refractivity contribution in [1.82, 2.24) is 10.3 Å². The average molecular weight is 194 g/mol. The molecule has 0 aromatic carbocycles. The van der Waals surface area contributed by atoms with Crippen LogP contribution in [0.5, 0.6) is 0 Å². The van der Waals surface area contributed by atoms with Crippen LogP contribution in [0.2, 0.25) is 0 Å². The second-order valence-corrected chi connectivity index (χ2v) is 3.36. The topological polar surface area (TPSA) is 45.9 Å². The fourth-order valence-corrected chi connectivity index (χ4v) is 1.30. The predicted molar refractivity (Wildman–Crippen MR) is 52.7 cm³/mol. The second-order valence-electron chi connectivity index (χ2n) is 3.36. The molecule has 0 fully saturated rings. The Morgan fingerprint density at radius 2 is 2.21 bits per heavy atom. The normalized spacial score (nSPS) is 10.0. The minimum Gasteiger partial charge on any atom is -0.359 e. The van der Waals surface area contributed by atoms with Crippen LogP contribution in [0, 0.1) is 13.8 Å². The molecule has 0 saturated carbocycles. The third-order valence-electron chi connectivity index (χ3n) is 2.24. The van der Waals surface area contributed by atoms with Gasteiger partial charge in [-0.2, -0.15) is 0 Å². The largest absolute Gasteiger partial charge is 0.359 e. The van der Waals surface area contributed by atoms with E-state index in [2.05, 4.69) is 10.3 Å². The molecule has 4 nitrogen and oxygen atoms in total. The van der Waals surface area contributed by atoms with Crippen molar-refractivity contribution in [1.29, 1.82) is 0 Å². The molecule has 4 heteroatoms. The molecule has 1 aromatic rings. The Morgan fingerprint density at radius 1 is 1.57 bits per heavy atom. The van der Waals surface area contributed by atoms with Crippen LogP contribution in [-0.4, -0.2) is 17.9 Å². The summed E-state index contributed by atoms with van der Waals surface area (Å²) in [5.74, 6) is 0.778. The Labute approximate surface area is 84.0 Å². The highest BCUT2D eigenvalue weighted by Crippen LogP contribution is 1.97. The summed E-state index contributed by atoms with van der Waals surface area (Å²) in [4.78, 5) is 15.5. The first-order valence-electron chi connectivity index (χ1n) is 4.58. The SMILES string of the molecule is CNC(=O)Cc1nc(C)cc(C)[n+]1C. The van der Waals surface area contributed by atoms with E-state index in [0.29, 0.717) is 6.42 Å². The van der Waals surface area contributed by atoms with Gasteiger partial charge in [-0.15, -0.1) is 0 Å². The van der Waals surface area contributed by atoms with Crippen molar-refractivity contribution in [3.8, 4) is 0 Å². The molecule has 0 aliphatic carbocycles. The quantitative estimate of drug-likeness (QED) is 0.663. The summed E-state index contributed by atoms with van der Waals surface area (Å²) < 4.78 is 1.93. The molecule has 0 aliphatic rings. The number of rotatable bonds is 2. The van der Waals surface area contributed by atoms with Crippen molar-refractivity contribution in [3.63, 3.8) is 0 Å². The zero-order valence-electron chi connectivity index (χ0n) is 9.09. The number of hydrogen-bond acceptors (Lipinski definition) is 2. The van der Waals surface area contributed by atoms with E-state index in [1.165, 1.54) is 0 Å². The lowest BCUT2D eigenvalue weighted by molar-refractivity contribution is -0.687. The first kappa shape index (κ1) is 10.6. The molecule has 14 heavy (non-hydrogen) atoms. The van der Waals surface area contributed by atoms with E-state index in [0.717, 1.165) is 17.2 Å². The number of nitrogens with one attached hydrogen (secondary N) is 1. The molecule has 0 unspecified atom stereocenters. The predicted octanol–water partition coefficient (Wildman–Crippen LogP) is -0.189. The van der Waals surface area contributed by atoms with Gasteiger partial charge in [-0.3, -0.25) is 4.79 Å². The summed E-state index contributed by atoms with van der Waals surface area (Å²) in [5, 5.41) is 2.59. The van der Waals surface area contributed by atoms with E-state index in [9.17, 15) is 4.79 Å². The molecule has 0 atom stereocenters. The number of nitrogens with zero attached hydrogens (tertiary/aromatic N) is 2. The maximum atomic E-state index is 11.2. The van der Waals surface area contributed by atoms with Crippen LogP contribution in [0.3, 0.4) is 0 Å². The monoisotopic (exact) mass is 194 g/mol. The first-order chi connectivity index (χ1) is 6.54. The standard InChI is InChI=1S/C10H15N3O/c1-7-5-8(2)13(4)9(12-7)6-10(14)11-3/h5H,6H2,1-4H3/p+1. The van der Waals surface area contributed by atoms with Gasteiger partial charge < -0.3 is 5.32 Å². The van der Waals surface area contributed by atoms with Crippen LogP contribution in [-0.2, 0) is 18.3 Å². The van der Waals surface area contributed by atoms with E-state index in [4.69, 9.17) is 0 Å². The lowest BCUT2D eigenvalue weighted by Crippen LogP contribution is -2.41. The molecular weight excluding hydrogens is 178 g/mol. The summed E-state index contributed by atoms with van der Waals surface area (Å²) in [6, 6.07) is 1.99. The molecule has 1 heterocycles. The van der Waals surface area contributed by atoms with Gasteiger partial charge in [-0.1, -0.05) is 4.98 Å². The molecule has 0 aliphatic heterocycles. The maximum Gasteiger partial charge on any atom is 0.308 e. The van der Waals surface area contributed by atoms with Crippen molar-refractivity contribution in [3.05, 3.63) is 23.3 Å². The number of aromatic nitrogens is 2. The molecule has 76 valence electrons. The number of carbonyl (C=O) groups is 1. The number of amides is 1. The lowest BCUT2D eigenvalue weighted by atomic mass is 10.3. The zero-order valence-corrected chi connectivity index (χ0v) is 9.09. The van der Waals surface area contributed by atoms with Gasteiger partial charge in [-0.25, -0.2) is 4.57 Å². The molecule has 1 aromatic heterocycles. The van der Waals surface area contributed by atoms with Gasteiger partial charge in [0.1, 0.15) is 12.1 Å². The van der Waals surface area contributed by atoms with Gasteiger partial charge in [0, 0.05) is 20.0 Å². The Morgan fingerprint density at radius 3 is 2.79 bits per heavy atom. The van der Waals surface area contributed by atoms with Crippen LogP contribution in [0.4, 0.5) is 0 Å². The van der Waals surface area contributed by atoms with E-state index >= 15 is 0 Å². The van der Waals surface area contributed by atoms with E-state index in [-0.39, 0.29) is 5.91 Å². The highest BCUT2D eigenvalue weighted by Gasteiger charge is 2.16. The summed E-state index contributed by atoms with van der Waals surface area (Å²) in [5.41, 5.74) is 2.05. The number of aryl methyl sites for hydroxylation is 2. The molecule has 1 amide bonds. The van der Waals surface area contributed by atoms with Gasteiger partial charge in [0.2, 0.25) is 5.91 Å². The van der Waals surface area contributed by atoms with Gasteiger partial charge in [-0.05, 0) is 6.92 Å². The lowest BCUT2D eigenvalue weighted by Gasteiger charge is -2.02. The van der Waals surface area contributed by atoms with Gasteiger partial charge in [0.15, 0.2) is 5.69 Å². The van der Waals surface area contributed by atoms with Crippen molar-refractivity contribution in [2.75, 3.05) is 7.05 Å². The number of hydrogen-bond donors (Lipinski definition) is 1. The molecule has 0 saturated heterocycles. The third kappa shape index (κ3) is 2.28. The highest BCUT2D eigenvalue weighted by molar-refractivity contribution is 5.77. The van der Waals surface area contributed by atoms with Crippen LogP contribution in [0.15, 0.2) is 6.07 Å². The zero-order chi connectivity index (χ0) is 10.7. The molecule has 0 spiro atoms. The van der Waals surface area contributed by atoms with E-state index in [1.54, 1.807) is 7.05 Å². The van der Waals surface area contributed by atoms with Crippen molar-refractivity contribution in [2.24, 2.45) is 7.05 Å². The Balaban J connectivity index is 3.02. The minimum absolute atomic E-state index is 0.0156. The first-order valence-corrected chi connectivity index (χ1v) is 4.58. The molecule has 0 radical (unpaired) electrons. The number of carbonyl (C=O) groups excluding carboxylic acids is 1. The Hall–Kier alpha value is -1.45. The molecule has 0 bridgehead atoms. The molecule has 1 N–H and O–H groups in total. The Bertz CT molecular complexity index is 361. The van der Waals surface area contributed by atoms with Crippen LogP contribution < -0.4 is 9.88 Å². The Kier molecular flexibility index (Phi) is 3.17. The van der Waals surface area contributed by atoms with E-state index in [1.807, 2.05) is 31.5 Å². The smallest absolute Gasteiger partial charge is 0.308 e. The molecular formula is C10H16N3O+. The van der Waals surface area contributed by atoms with Crippen molar-refractivity contribution < 1.29 is 9.36 Å². The van der Waals surface area contributed by atoms with Crippen molar-refractivity contribution in [2.45, 2.75) is 20.3 Å². The maximum absolute atomic E-state index is 11.2. The average Bonchev–Trinajstić information content (AvgIpc) is 2.13. The van der Waals surface area contributed by atoms with Gasteiger partial charge >= 0.3 is 5.82 Å². The summed E-state index contributed by atoms with van der Waals surface area (Å²) in [7, 11) is 3.55. The van der Waals surface area contributed by atoms with E-state index < -0.39 is 0 Å².